The second-order valence-corrected chi connectivity index (χ2v) is 8.76. The van der Waals surface area contributed by atoms with Crippen molar-refractivity contribution >= 4 is 34.8 Å². The molecule has 0 N–H and O–H groups in total. The lowest BCUT2D eigenvalue weighted by Crippen LogP contribution is -2.46. The van der Waals surface area contributed by atoms with Gasteiger partial charge >= 0.3 is 0 Å². The molecule has 4 rings (SSSR count). The second-order valence-electron chi connectivity index (χ2n) is 8.32. The molecule has 0 radical (unpaired) electrons. The first-order chi connectivity index (χ1) is 15.9. The highest BCUT2D eigenvalue weighted by atomic mass is 35.5. The van der Waals surface area contributed by atoms with Crippen LogP contribution in [-0.4, -0.2) is 29.4 Å². The van der Waals surface area contributed by atoms with Crippen LogP contribution >= 0.6 is 11.6 Å². The van der Waals surface area contributed by atoms with Gasteiger partial charge in [-0.15, -0.1) is 0 Å². The van der Waals surface area contributed by atoms with Gasteiger partial charge in [-0.2, -0.15) is 0 Å². The molecule has 5 nitrogen and oxygen atoms in total. The number of halogens is 1. The zero-order valence-electron chi connectivity index (χ0n) is 19.2. The van der Waals surface area contributed by atoms with Crippen LogP contribution in [0.2, 0.25) is 5.02 Å². The fourth-order valence-corrected chi connectivity index (χ4v) is 4.66. The Kier molecular flexibility index (Phi) is 6.80. The Hall–Kier alpha value is -3.18. The number of aryl methyl sites for hydroxylation is 1. The summed E-state index contributed by atoms with van der Waals surface area (Å²) in [5.74, 6) is -0.405. The summed E-state index contributed by atoms with van der Waals surface area (Å²) in [5, 5.41) is 0.634. The van der Waals surface area contributed by atoms with Crippen LogP contribution < -0.4 is 9.80 Å². The van der Waals surface area contributed by atoms with E-state index in [1.165, 1.54) is 0 Å². The minimum Gasteiger partial charge on any atom is -0.312 e. The summed E-state index contributed by atoms with van der Waals surface area (Å²) in [6, 6.07) is 18.6. The summed E-state index contributed by atoms with van der Waals surface area (Å²) >= 11 is 6.04. The van der Waals surface area contributed by atoms with Gasteiger partial charge in [0.15, 0.2) is 0 Å². The molecule has 1 aliphatic heterocycles. The molecule has 0 spiro atoms. The number of hydrogen-bond donors (Lipinski definition) is 0. The minimum absolute atomic E-state index is 0.0280. The van der Waals surface area contributed by atoms with Crippen molar-refractivity contribution < 1.29 is 9.59 Å². The average molecular weight is 462 g/mol. The van der Waals surface area contributed by atoms with Crippen LogP contribution in [0.1, 0.15) is 54.7 Å². The largest absolute Gasteiger partial charge is 0.312 e. The molecule has 2 amide bonds. The van der Waals surface area contributed by atoms with E-state index in [-0.39, 0.29) is 23.8 Å². The van der Waals surface area contributed by atoms with Gasteiger partial charge in [0.05, 0.1) is 11.5 Å². The van der Waals surface area contributed by atoms with Crippen molar-refractivity contribution in [1.29, 1.82) is 0 Å². The number of pyridine rings is 1. The van der Waals surface area contributed by atoms with Crippen molar-refractivity contribution in [2.75, 3.05) is 16.3 Å². The van der Waals surface area contributed by atoms with E-state index in [0.717, 1.165) is 29.1 Å². The maximum atomic E-state index is 13.7. The van der Waals surface area contributed by atoms with Crippen LogP contribution in [0.25, 0.3) is 0 Å². The number of carbonyl (C=O) groups excluding carboxylic acids is 2. The Morgan fingerprint density at radius 1 is 1.06 bits per heavy atom. The third-order valence-corrected chi connectivity index (χ3v) is 6.51. The summed E-state index contributed by atoms with van der Waals surface area (Å²) in [7, 11) is 0. The summed E-state index contributed by atoms with van der Waals surface area (Å²) in [6.07, 6.45) is 3.02. The summed E-state index contributed by atoms with van der Waals surface area (Å²) in [4.78, 5) is 35.2. The number of fused-ring (bicyclic) bond motifs is 1. The lowest BCUT2D eigenvalue weighted by Gasteiger charge is -2.40. The fourth-order valence-electron chi connectivity index (χ4n) is 4.53. The van der Waals surface area contributed by atoms with E-state index in [9.17, 15) is 9.59 Å². The molecule has 170 valence electrons. The number of aromatic nitrogens is 1. The number of anilines is 2. The molecule has 3 aromatic rings. The Balaban J connectivity index is 1.68. The number of hydrogen-bond acceptors (Lipinski definition) is 3. The molecule has 0 saturated heterocycles. The Labute approximate surface area is 200 Å². The first-order valence-corrected chi connectivity index (χ1v) is 11.8. The monoisotopic (exact) mass is 461 g/mol. The van der Waals surface area contributed by atoms with Crippen molar-refractivity contribution in [1.82, 2.24) is 4.98 Å². The van der Waals surface area contributed by atoms with Gasteiger partial charge in [0.25, 0.3) is 5.91 Å². The van der Waals surface area contributed by atoms with Crippen LogP contribution in [0.3, 0.4) is 0 Å². The topological polar surface area (TPSA) is 53.5 Å². The van der Waals surface area contributed by atoms with Crippen LogP contribution in [-0.2, 0) is 11.2 Å². The van der Waals surface area contributed by atoms with Gasteiger partial charge in [-0.05, 0) is 74.7 Å². The molecule has 0 fully saturated rings. The molecule has 6 heteroatoms. The maximum absolute atomic E-state index is 13.7. The predicted molar refractivity (Wildman–Crippen MR) is 133 cm³/mol. The molecule has 0 unspecified atom stereocenters. The number of likely N-dealkylation sites (N-methyl/N-ethyl adjacent to an activating group) is 1. The van der Waals surface area contributed by atoms with Gasteiger partial charge in [-0.25, -0.2) is 0 Å². The number of nitrogens with zero attached hydrogens (tertiary/aromatic N) is 3. The van der Waals surface area contributed by atoms with Crippen LogP contribution in [0.4, 0.5) is 11.4 Å². The molecule has 0 aliphatic carbocycles. The third kappa shape index (κ3) is 4.51. The number of rotatable bonds is 5. The average Bonchev–Trinajstić information content (AvgIpc) is 2.84. The van der Waals surface area contributed by atoms with Gasteiger partial charge in [0.1, 0.15) is 0 Å². The molecular weight excluding hydrogens is 434 g/mol. The van der Waals surface area contributed by atoms with Gasteiger partial charge in [-0.3, -0.25) is 14.6 Å². The number of amides is 2. The molecule has 0 saturated carbocycles. The molecule has 2 heterocycles. The molecule has 2 aromatic carbocycles. The van der Waals surface area contributed by atoms with E-state index in [0.29, 0.717) is 23.6 Å². The van der Waals surface area contributed by atoms with Gasteiger partial charge < -0.3 is 9.80 Å². The number of benzene rings is 2. The van der Waals surface area contributed by atoms with E-state index < -0.39 is 0 Å². The van der Waals surface area contributed by atoms with E-state index in [1.54, 1.807) is 28.1 Å². The quantitative estimate of drug-likeness (QED) is 0.477. The van der Waals surface area contributed by atoms with Crippen molar-refractivity contribution in [2.24, 2.45) is 0 Å². The molecular formula is C27H28ClN3O2. The normalized spacial score (nSPS) is 17.4. The molecule has 2 atom stereocenters. The van der Waals surface area contributed by atoms with Gasteiger partial charge in [0.2, 0.25) is 5.91 Å². The lowest BCUT2D eigenvalue weighted by atomic mass is 9.84. The molecule has 1 aromatic heterocycles. The molecule has 1 aliphatic rings. The highest BCUT2D eigenvalue weighted by Crippen LogP contribution is 2.40. The van der Waals surface area contributed by atoms with E-state index >= 15 is 0 Å². The summed E-state index contributed by atoms with van der Waals surface area (Å²) < 4.78 is 0. The second kappa shape index (κ2) is 9.75. The van der Waals surface area contributed by atoms with E-state index in [4.69, 9.17) is 11.6 Å². The smallest absolute Gasteiger partial charge is 0.260 e. The predicted octanol–water partition coefficient (Wildman–Crippen LogP) is 5.87. The molecule has 33 heavy (non-hydrogen) atoms. The van der Waals surface area contributed by atoms with Gasteiger partial charge in [-0.1, -0.05) is 36.7 Å². The molecule has 0 bridgehead atoms. The Morgan fingerprint density at radius 2 is 1.79 bits per heavy atom. The Morgan fingerprint density at radius 3 is 2.42 bits per heavy atom. The lowest BCUT2D eigenvalue weighted by molar-refractivity contribution is -0.120. The van der Waals surface area contributed by atoms with Crippen LogP contribution in [0.15, 0.2) is 66.9 Å². The summed E-state index contributed by atoms with van der Waals surface area (Å²) in [6.45, 7) is 6.55. The minimum atomic E-state index is -0.337. The van der Waals surface area contributed by atoms with Crippen molar-refractivity contribution in [3.63, 3.8) is 0 Å². The zero-order chi connectivity index (χ0) is 23.5. The standard InChI is InChI=1S/C27H28ClN3O2/c1-4-21-13-10-19(17-29-21)26(32)31-18(3)16-24(23-8-6-7-9-25(23)31)27(33)30(5-2)22-14-11-20(28)12-15-22/h6-15,17-18,24H,4-5,16H2,1-3H3/t18-,24-/m0/s1. The highest BCUT2D eigenvalue weighted by Gasteiger charge is 2.38. The van der Waals surface area contributed by atoms with Crippen molar-refractivity contribution in [3.05, 3.63) is 88.7 Å². The van der Waals surface area contributed by atoms with Crippen LogP contribution in [0.5, 0.6) is 0 Å². The van der Waals surface area contributed by atoms with E-state index in [1.807, 2.05) is 69.3 Å². The fraction of sp³-hybridized carbons (Fsp3) is 0.296. The highest BCUT2D eigenvalue weighted by molar-refractivity contribution is 6.30. The first-order valence-electron chi connectivity index (χ1n) is 11.4. The van der Waals surface area contributed by atoms with Crippen molar-refractivity contribution in [2.45, 2.75) is 45.6 Å². The maximum Gasteiger partial charge on any atom is 0.260 e. The van der Waals surface area contributed by atoms with Crippen LogP contribution in [0, 0.1) is 0 Å². The van der Waals surface area contributed by atoms with E-state index in [2.05, 4.69) is 4.98 Å². The first kappa shape index (κ1) is 23.0. The zero-order valence-corrected chi connectivity index (χ0v) is 19.9. The SMILES string of the molecule is CCc1ccc(C(=O)N2c3ccccc3[C@@H](C(=O)N(CC)c3ccc(Cl)cc3)C[C@@H]2C)cn1. The van der Waals surface area contributed by atoms with Crippen molar-refractivity contribution in [3.8, 4) is 0 Å². The summed E-state index contributed by atoms with van der Waals surface area (Å²) in [5.41, 5.74) is 3.98. The number of carbonyl (C=O) groups is 2. The number of para-hydroxylation sites is 1. The third-order valence-electron chi connectivity index (χ3n) is 6.26. The Bertz CT molecular complexity index is 1140. The van der Waals surface area contributed by atoms with Gasteiger partial charge in [0, 0.05) is 40.9 Å².